The molecule has 30 heavy (non-hydrogen) atoms. The first kappa shape index (κ1) is 20.7. The molecule has 2 heterocycles. The number of aromatic nitrogens is 3. The lowest BCUT2D eigenvalue weighted by molar-refractivity contribution is 0.581. The summed E-state index contributed by atoms with van der Waals surface area (Å²) in [7, 11) is -4.19. The van der Waals surface area contributed by atoms with Gasteiger partial charge in [0.05, 0.1) is 16.3 Å². The van der Waals surface area contributed by atoms with Gasteiger partial charge < -0.3 is 4.57 Å². The predicted molar refractivity (Wildman–Crippen MR) is 110 cm³/mol. The highest BCUT2D eigenvalue weighted by molar-refractivity contribution is 7.92. The van der Waals surface area contributed by atoms with Crippen LogP contribution in [0.25, 0.3) is 11.4 Å². The molecule has 0 spiro atoms. The molecule has 0 saturated heterocycles. The van der Waals surface area contributed by atoms with E-state index in [2.05, 4.69) is 14.9 Å². The van der Waals surface area contributed by atoms with Gasteiger partial charge in [0, 0.05) is 19.0 Å². The van der Waals surface area contributed by atoms with E-state index in [9.17, 15) is 17.2 Å². The lowest BCUT2D eigenvalue weighted by Gasteiger charge is -2.13. The maximum atomic E-state index is 14.6. The van der Waals surface area contributed by atoms with Gasteiger partial charge in [0.2, 0.25) is 0 Å². The highest BCUT2D eigenvalue weighted by Gasteiger charge is 2.24. The van der Waals surface area contributed by atoms with Crippen LogP contribution in [0.1, 0.15) is 30.7 Å². The molecule has 3 aromatic rings. The monoisotopic (exact) mass is 452 g/mol. The minimum absolute atomic E-state index is 0.00743. The van der Waals surface area contributed by atoms with Gasteiger partial charge in [-0.1, -0.05) is 24.1 Å². The Morgan fingerprint density at radius 1 is 1.07 bits per heavy atom. The zero-order valence-corrected chi connectivity index (χ0v) is 17.7. The van der Waals surface area contributed by atoms with E-state index in [4.69, 9.17) is 11.6 Å². The summed E-state index contributed by atoms with van der Waals surface area (Å²) in [5, 5.41) is 8.20. The summed E-state index contributed by atoms with van der Waals surface area (Å²) in [6, 6.07) is 6.15. The highest BCUT2D eigenvalue weighted by atomic mass is 35.5. The van der Waals surface area contributed by atoms with Gasteiger partial charge in [0.25, 0.3) is 10.0 Å². The number of aryl methyl sites for hydroxylation is 2. The van der Waals surface area contributed by atoms with Crippen molar-refractivity contribution >= 4 is 27.3 Å². The summed E-state index contributed by atoms with van der Waals surface area (Å²) in [5.74, 6) is -0.903. The third-order valence-corrected chi connectivity index (χ3v) is 6.88. The molecule has 2 aromatic carbocycles. The molecule has 0 radical (unpaired) electrons. The number of halogens is 3. The summed E-state index contributed by atoms with van der Waals surface area (Å²) < 4.78 is 58.5. The first-order chi connectivity index (χ1) is 14.3. The van der Waals surface area contributed by atoms with Crippen molar-refractivity contribution < 1.29 is 17.2 Å². The number of nitrogens with zero attached hydrogens (tertiary/aromatic N) is 3. The molecule has 0 atom stereocenters. The lowest BCUT2D eigenvalue weighted by Crippen LogP contribution is -2.15. The molecule has 0 aliphatic carbocycles. The zero-order valence-electron chi connectivity index (χ0n) is 16.1. The van der Waals surface area contributed by atoms with Gasteiger partial charge in [-0.15, -0.1) is 10.2 Å². The van der Waals surface area contributed by atoms with E-state index in [0.29, 0.717) is 12.6 Å². The fourth-order valence-corrected chi connectivity index (χ4v) is 5.16. The molecule has 0 unspecified atom stereocenters. The minimum atomic E-state index is -4.19. The maximum Gasteiger partial charge on any atom is 0.263 e. The van der Waals surface area contributed by atoms with E-state index in [1.807, 2.05) is 0 Å². The molecular weight excluding hydrogens is 434 g/mol. The Morgan fingerprint density at radius 2 is 1.87 bits per heavy atom. The molecular formula is C20H19ClF2N4O2S. The highest BCUT2D eigenvalue weighted by Crippen LogP contribution is 2.31. The maximum absolute atomic E-state index is 14.6. The van der Waals surface area contributed by atoms with Gasteiger partial charge >= 0.3 is 0 Å². The van der Waals surface area contributed by atoms with Gasteiger partial charge in [0.1, 0.15) is 22.4 Å². The van der Waals surface area contributed by atoms with Gasteiger partial charge in [-0.3, -0.25) is 4.72 Å². The van der Waals surface area contributed by atoms with E-state index in [-0.39, 0.29) is 21.3 Å². The van der Waals surface area contributed by atoms with Gasteiger partial charge in [-0.2, -0.15) is 0 Å². The number of benzene rings is 2. The van der Waals surface area contributed by atoms with Crippen molar-refractivity contribution in [1.82, 2.24) is 14.8 Å². The fourth-order valence-electron chi connectivity index (χ4n) is 3.51. The van der Waals surface area contributed by atoms with Gasteiger partial charge in [-0.05, 0) is 43.5 Å². The molecule has 0 saturated carbocycles. The molecule has 158 valence electrons. The Bertz CT molecular complexity index is 1230. The van der Waals surface area contributed by atoms with Crippen LogP contribution in [-0.4, -0.2) is 23.2 Å². The van der Waals surface area contributed by atoms with Crippen molar-refractivity contribution in [2.24, 2.45) is 0 Å². The second-order valence-electron chi connectivity index (χ2n) is 7.25. The van der Waals surface area contributed by atoms with E-state index in [1.165, 1.54) is 12.1 Å². The topological polar surface area (TPSA) is 76.9 Å². The third-order valence-electron chi connectivity index (χ3n) is 5.03. The Hall–Kier alpha value is -2.52. The Kier molecular flexibility index (Phi) is 5.50. The van der Waals surface area contributed by atoms with Gasteiger partial charge in [-0.25, -0.2) is 17.2 Å². The number of hydrogen-bond acceptors (Lipinski definition) is 4. The van der Waals surface area contributed by atoms with Crippen LogP contribution in [0.5, 0.6) is 0 Å². The van der Waals surface area contributed by atoms with Crippen molar-refractivity contribution in [3.63, 3.8) is 0 Å². The molecule has 4 rings (SSSR count). The standard InChI is InChI=1S/C20H19ClF2N4O2S/c1-12-6-7-18(14(21)9-12)30(28,29)26-17-10-13(15(22)11-16(17)23)20-25-24-19-5-3-2-4-8-27(19)20/h6-7,9-11,26H,2-5,8H2,1H3. The van der Waals surface area contributed by atoms with Crippen molar-refractivity contribution in [2.75, 3.05) is 4.72 Å². The van der Waals surface area contributed by atoms with Crippen molar-refractivity contribution in [3.8, 4) is 11.4 Å². The molecule has 0 fully saturated rings. The van der Waals surface area contributed by atoms with Crippen LogP contribution in [0.2, 0.25) is 5.02 Å². The van der Waals surface area contributed by atoms with Crippen LogP contribution in [0.3, 0.4) is 0 Å². The van der Waals surface area contributed by atoms with Crippen molar-refractivity contribution in [2.45, 2.75) is 44.0 Å². The summed E-state index contributed by atoms with van der Waals surface area (Å²) in [4.78, 5) is -0.198. The molecule has 1 aliphatic rings. The van der Waals surface area contributed by atoms with Crippen LogP contribution >= 0.6 is 11.6 Å². The van der Waals surface area contributed by atoms with Crippen LogP contribution in [-0.2, 0) is 23.0 Å². The average molecular weight is 453 g/mol. The number of nitrogens with one attached hydrogen (secondary N) is 1. The normalized spacial score (nSPS) is 14.3. The Labute approximate surface area is 178 Å². The van der Waals surface area contributed by atoms with E-state index < -0.39 is 27.3 Å². The number of fused-ring (bicyclic) bond motifs is 1. The Balaban J connectivity index is 1.75. The van der Waals surface area contributed by atoms with Gasteiger partial charge in [0.15, 0.2) is 5.82 Å². The largest absolute Gasteiger partial charge is 0.311 e. The van der Waals surface area contributed by atoms with Crippen LogP contribution in [0, 0.1) is 18.6 Å². The predicted octanol–water partition coefficient (Wildman–Crippen LogP) is 4.71. The molecule has 0 bridgehead atoms. The van der Waals surface area contributed by atoms with Crippen LogP contribution in [0.15, 0.2) is 35.2 Å². The molecule has 10 heteroatoms. The lowest BCUT2D eigenvalue weighted by atomic mass is 10.1. The van der Waals surface area contributed by atoms with Crippen molar-refractivity contribution in [3.05, 3.63) is 58.4 Å². The first-order valence-electron chi connectivity index (χ1n) is 9.47. The van der Waals surface area contributed by atoms with E-state index in [0.717, 1.165) is 43.1 Å². The average Bonchev–Trinajstić information content (AvgIpc) is 2.91. The second-order valence-corrected chi connectivity index (χ2v) is 9.31. The second kappa shape index (κ2) is 7.96. The minimum Gasteiger partial charge on any atom is -0.311 e. The molecule has 1 aromatic heterocycles. The SMILES string of the molecule is Cc1ccc(S(=O)(=O)Nc2cc(-c3nnc4n3CCCCC4)c(F)cc2F)c(Cl)c1. The molecule has 1 aliphatic heterocycles. The van der Waals surface area contributed by atoms with E-state index in [1.54, 1.807) is 17.6 Å². The first-order valence-corrected chi connectivity index (χ1v) is 11.3. The Morgan fingerprint density at radius 3 is 2.63 bits per heavy atom. The number of anilines is 1. The van der Waals surface area contributed by atoms with Crippen molar-refractivity contribution in [1.29, 1.82) is 0 Å². The van der Waals surface area contributed by atoms with Crippen LogP contribution < -0.4 is 4.72 Å². The molecule has 6 nitrogen and oxygen atoms in total. The quantitative estimate of drug-likeness (QED) is 0.621. The molecule has 0 amide bonds. The zero-order chi connectivity index (χ0) is 21.5. The summed E-state index contributed by atoms with van der Waals surface area (Å²) >= 11 is 6.06. The number of rotatable bonds is 4. The third kappa shape index (κ3) is 3.91. The number of sulfonamides is 1. The molecule has 1 N–H and O–H groups in total. The van der Waals surface area contributed by atoms with E-state index >= 15 is 0 Å². The van der Waals surface area contributed by atoms with Crippen LogP contribution in [0.4, 0.5) is 14.5 Å². The smallest absolute Gasteiger partial charge is 0.263 e. The number of hydrogen-bond donors (Lipinski definition) is 1. The fraction of sp³-hybridized carbons (Fsp3) is 0.300. The summed E-state index contributed by atoms with van der Waals surface area (Å²) in [6.45, 7) is 2.39. The summed E-state index contributed by atoms with van der Waals surface area (Å²) in [5.41, 5.74) is 0.362. The summed E-state index contributed by atoms with van der Waals surface area (Å²) in [6.07, 6.45) is 3.61.